The molecule has 0 unspecified atom stereocenters. The van der Waals surface area contributed by atoms with Gasteiger partial charge in [0.25, 0.3) is 5.91 Å². The van der Waals surface area contributed by atoms with Gasteiger partial charge >= 0.3 is 0 Å². The Labute approximate surface area is 228 Å². The van der Waals surface area contributed by atoms with Gasteiger partial charge in [-0.3, -0.25) is 19.9 Å². The summed E-state index contributed by atoms with van der Waals surface area (Å²) in [5, 5.41) is 11.3. The smallest absolute Gasteiger partial charge is 0.259 e. The molecule has 0 bridgehead atoms. The van der Waals surface area contributed by atoms with Crippen LogP contribution in [-0.2, 0) is 23.1 Å². The molecular weight excluding hydrogens is 492 g/mol. The van der Waals surface area contributed by atoms with Crippen molar-refractivity contribution in [3.8, 4) is 0 Å². The van der Waals surface area contributed by atoms with Gasteiger partial charge in [0.2, 0.25) is 5.90 Å². The lowest BCUT2D eigenvalue weighted by Gasteiger charge is -2.21. The first-order chi connectivity index (χ1) is 18.9. The van der Waals surface area contributed by atoms with Crippen molar-refractivity contribution in [2.75, 3.05) is 23.4 Å². The van der Waals surface area contributed by atoms with Crippen LogP contribution < -0.4 is 10.2 Å². The van der Waals surface area contributed by atoms with E-state index >= 15 is 0 Å². The maximum absolute atomic E-state index is 13.6. The molecule has 0 atom stereocenters. The van der Waals surface area contributed by atoms with Crippen molar-refractivity contribution in [1.29, 1.82) is 5.41 Å². The second kappa shape index (κ2) is 12.8. The minimum Gasteiger partial charge on any atom is -0.478 e. The van der Waals surface area contributed by atoms with Crippen LogP contribution in [-0.4, -0.2) is 45.3 Å². The summed E-state index contributed by atoms with van der Waals surface area (Å²) < 4.78 is 7.25. The highest BCUT2D eigenvalue weighted by atomic mass is 16.5. The van der Waals surface area contributed by atoms with E-state index in [0.29, 0.717) is 36.5 Å². The molecule has 0 radical (unpaired) electrons. The van der Waals surface area contributed by atoms with Gasteiger partial charge < -0.3 is 14.6 Å². The number of fused-ring (bicyclic) bond motifs is 1. The van der Waals surface area contributed by atoms with E-state index in [-0.39, 0.29) is 30.6 Å². The second-order valence-electron chi connectivity index (χ2n) is 9.17. The minimum atomic E-state index is -0.220. The highest BCUT2D eigenvalue weighted by molar-refractivity contribution is 6.07. The van der Waals surface area contributed by atoms with Gasteiger partial charge in [0, 0.05) is 49.4 Å². The SMILES string of the molecule is CCCC(=O)CCN(C(=O)c1ccc2c(c1)nc(CNc1ccc(C(=N)OCC)cc1)n2C)c1ccccn1. The Hall–Kier alpha value is -4.53. The number of aryl methyl sites for hydroxylation is 1. The van der Waals surface area contributed by atoms with Gasteiger partial charge in [0.1, 0.15) is 17.4 Å². The Bertz CT molecular complexity index is 1450. The van der Waals surface area contributed by atoms with Crippen LogP contribution in [0.25, 0.3) is 11.0 Å². The summed E-state index contributed by atoms with van der Waals surface area (Å²) in [5.41, 5.74) is 3.72. The van der Waals surface area contributed by atoms with Crippen molar-refractivity contribution in [1.82, 2.24) is 14.5 Å². The second-order valence-corrected chi connectivity index (χ2v) is 9.17. The molecule has 0 spiro atoms. The van der Waals surface area contributed by atoms with Crippen LogP contribution in [0.5, 0.6) is 0 Å². The molecule has 2 aromatic heterocycles. The number of hydrogen-bond donors (Lipinski definition) is 2. The number of ether oxygens (including phenoxy) is 1. The van der Waals surface area contributed by atoms with E-state index in [2.05, 4.69) is 10.3 Å². The van der Waals surface area contributed by atoms with Crippen LogP contribution in [0.2, 0.25) is 0 Å². The van der Waals surface area contributed by atoms with Crippen LogP contribution in [0.15, 0.2) is 66.9 Å². The Morgan fingerprint density at radius 3 is 2.49 bits per heavy atom. The molecule has 4 aromatic rings. The molecule has 0 aliphatic carbocycles. The summed E-state index contributed by atoms with van der Waals surface area (Å²) in [6.07, 6.45) is 3.21. The number of imidazole rings is 1. The number of anilines is 2. The van der Waals surface area contributed by atoms with E-state index in [0.717, 1.165) is 29.0 Å². The Balaban J connectivity index is 1.51. The van der Waals surface area contributed by atoms with E-state index in [9.17, 15) is 9.59 Å². The highest BCUT2D eigenvalue weighted by Crippen LogP contribution is 2.21. The number of rotatable bonds is 12. The minimum absolute atomic E-state index is 0.130. The van der Waals surface area contributed by atoms with E-state index < -0.39 is 0 Å². The number of benzene rings is 2. The number of carbonyl (C=O) groups is 2. The topological polar surface area (TPSA) is 113 Å². The fraction of sp³-hybridized carbons (Fsp3) is 0.300. The number of carbonyl (C=O) groups excluding carboxylic acids is 2. The number of pyridine rings is 1. The van der Waals surface area contributed by atoms with Gasteiger partial charge in [-0.25, -0.2) is 9.97 Å². The van der Waals surface area contributed by atoms with Gasteiger partial charge in [0.05, 0.1) is 24.2 Å². The van der Waals surface area contributed by atoms with Crippen molar-refractivity contribution in [3.63, 3.8) is 0 Å². The van der Waals surface area contributed by atoms with Crippen molar-refractivity contribution < 1.29 is 14.3 Å². The fourth-order valence-electron chi connectivity index (χ4n) is 4.32. The van der Waals surface area contributed by atoms with Crippen molar-refractivity contribution in [2.24, 2.45) is 7.05 Å². The molecule has 0 saturated carbocycles. The van der Waals surface area contributed by atoms with Crippen molar-refractivity contribution >= 4 is 40.1 Å². The molecule has 0 fully saturated rings. The zero-order chi connectivity index (χ0) is 27.8. The van der Waals surface area contributed by atoms with E-state index in [4.69, 9.17) is 15.1 Å². The Morgan fingerprint density at radius 2 is 1.79 bits per heavy atom. The molecule has 202 valence electrons. The number of nitrogens with one attached hydrogen (secondary N) is 2. The molecule has 9 nitrogen and oxygen atoms in total. The number of nitrogens with zero attached hydrogens (tertiary/aromatic N) is 4. The molecule has 9 heteroatoms. The summed E-state index contributed by atoms with van der Waals surface area (Å²) >= 11 is 0. The third-order valence-corrected chi connectivity index (χ3v) is 6.42. The standard InChI is InChI=1S/C30H34N6O3/c1-4-8-24(37)16-18-36(27-9-6-7-17-32-27)30(38)22-12-15-26-25(19-22)34-28(35(26)3)20-33-23-13-10-21(11-14-23)29(31)39-5-2/h6-7,9-15,17,19,31,33H,4-5,8,16,18,20H2,1-3H3. The Kier molecular flexibility index (Phi) is 9.04. The molecule has 0 saturated heterocycles. The molecule has 1 amide bonds. The largest absolute Gasteiger partial charge is 0.478 e. The van der Waals surface area contributed by atoms with Gasteiger partial charge in [-0.2, -0.15) is 0 Å². The quantitative estimate of drug-likeness (QED) is 0.190. The average molecular weight is 527 g/mol. The molecule has 39 heavy (non-hydrogen) atoms. The predicted molar refractivity (Wildman–Crippen MR) is 153 cm³/mol. The number of ketones is 1. The third kappa shape index (κ3) is 6.67. The number of Topliss-reactive ketones (excluding diaryl/α,β-unsaturated/α-hetero) is 1. The van der Waals surface area contributed by atoms with Crippen LogP contribution in [0, 0.1) is 5.41 Å². The zero-order valence-electron chi connectivity index (χ0n) is 22.6. The van der Waals surface area contributed by atoms with Crippen molar-refractivity contribution in [3.05, 3.63) is 83.8 Å². The fourth-order valence-corrected chi connectivity index (χ4v) is 4.32. The summed E-state index contributed by atoms with van der Waals surface area (Å²) in [4.78, 5) is 36.5. The van der Waals surface area contributed by atoms with Gasteiger partial charge in [-0.15, -0.1) is 0 Å². The lowest BCUT2D eigenvalue weighted by atomic mass is 10.1. The lowest BCUT2D eigenvalue weighted by molar-refractivity contribution is -0.118. The number of hydrogen-bond acceptors (Lipinski definition) is 7. The van der Waals surface area contributed by atoms with Crippen molar-refractivity contribution in [2.45, 2.75) is 39.7 Å². The summed E-state index contributed by atoms with van der Waals surface area (Å²) in [6.45, 7) is 5.03. The normalized spacial score (nSPS) is 10.8. The lowest BCUT2D eigenvalue weighted by Crippen LogP contribution is -2.33. The number of aromatic nitrogens is 3. The van der Waals surface area contributed by atoms with Crippen LogP contribution in [0.3, 0.4) is 0 Å². The molecule has 2 N–H and O–H groups in total. The van der Waals surface area contributed by atoms with E-state index in [1.54, 1.807) is 35.4 Å². The summed E-state index contributed by atoms with van der Waals surface area (Å²) in [5.74, 6) is 1.39. The zero-order valence-corrected chi connectivity index (χ0v) is 22.6. The molecule has 0 aliphatic rings. The molecule has 0 aliphatic heterocycles. The van der Waals surface area contributed by atoms with E-state index in [1.807, 2.05) is 61.9 Å². The monoisotopic (exact) mass is 526 g/mol. The Morgan fingerprint density at radius 1 is 1.03 bits per heavy atom. The number of amides is 1. The van der Waals surface area contributed by atoms with Gasteiger partial charge in [-0.05, 0) is 67.9 Å². The third-order valence-electron chi connectivity index (χ3n) is 6.42. The molecular formula is C30H34N6O3. The summed E-state index contributed by atoms with van der Waals surface area (Å²) in [7, 11) is 1.94. The van der Waals surface area contributed by atoms with Gasteiger partial charge in [-0.1, -0.05) is 13.0 Å². The average Bonchev–Trinajstić information content (AvgIpc) is 3.27. The highest BCUT2D eigenvalue weighted by Gasteiger charge is 2.21. The maximum Gasteiger partial charge on any atom is 0.259 e. The van der Waals surface area contributed by atoms with Gasteiger partial charge in [0.15, 0.2) is 0 Å². The maximum atomic E-state index is 13.6. The first kappa shape index (κ1) is 27.5. The molecule has 2 aromatic carbocycles. The molecule has 4 rings (SSSR count). The van der Waals surface area contributed by atoms with Crippen LogP contribution in [0.4, 0.5) is 11.5 Å². The van der Waals surface area contributed by atoms with E-state index in [1.165, 1.54) is 0 Å². The molecule has 2 heterocycles. The summed E-state index contributed by atoms with van der Waals surface area (Å²) in [6, 6.07) is 18.4. The predicted octanol–water partition coefficient (Wildman–Crippen LogP) is 5.35. The van der Waals surface area contributed by atoms with Crippen LogP contribution >= 0.6 is 0 Å². The van der Waals surface area contributed by atoms with Crippen LogP contribution in [0.1, 0.15) is 54.9 Å². The first-order valence-corrected chi connectivity index (χ1v) is 13.2. The first-order valence-electron chi connectivity index (χ1n) is 13.2.